The molecule has 0 amide bonds. The molecule has 1 aliphatic rings. The zero-order valence-corrected chi connectivity index (χ0v) is 6.84. The van der Waals surface area contributed by atoms with Crippen molar-refractivity contribution in [3.63, 3.8) is 0 Å². The van der Waals surface area contributed by atoms with Crippen LogP contribution in [-0.2, 0) is 4.74 Å². The van der Waals surface area contributed by atoms with E-state index in [1.54, 1.807) is 0 Å². The van der Waals surface area contributed by atoms with Crippen molar-refractivity contribution in [2.75, 3.05) is 19.8 Å². The van der Waals surface area contributed by atoms with Gasteiger partial charge in [-0.05, 0) is 27.3 Å². The highest BCUT2D eigenvalue weighted by atomic mass is 16.5. The van der Waals surface area contributed by atoms with Crippen LogP contribution >= 0.6 is 0 Å². The van der Waals surface area contributed by atoms with Crippen LogP contribution < -0.4 is 0 Å². The number of hydrogen-bond donors (Lipinski definition) is 0. The van der Waals surface area contributed by atoms with Gasteiger partial charge >= 0.3 is 0 Å². The third-order valence-corrected chi connectivity index (χ3v) is 2.11. The van der Waals surface area contributed by atoms with Crippen molar-refractivity contribution in [2.45, 2.75) is 25.9 Å². The van der Waals surface area contributed by atoms with Crippen molar-refractivity contribution in [2.24, 2.45) is 0 Å². The van der Waals surface area contributed by atoms with Gasteiger partial charge in [0.05, 0.1) is 13.2 Å². The molecule has 0 aliphatic carbocycles. The Bertz CT molecular complexity index is 95.4. The van der Waals surface area contributed by atoms with Crippen LogP contribution in [0.1, 0.15) is 13.8 Å². The maximum atomic E-state index is 5.36. The second-order valence-corrected chi connectivity index (χ2v) is 2.97. The topological polar surface area (TPSA) is 12.5 Å². The summed E-state index contributed by atoms with van der Waals surface area (Å²) < 4.78 is 5.36. The van der Waals surface area contributed by atoms with Gasteiger partial charge in [-0.3, -0.25) is 4.90 Å². The van der Waals surface area contributed by atoms with E-state index in [1.807, 2.05) is 0 Å². The second-order valence-electron chi connectivity index (χ2n) is 2.97. The number of rotatable bonds is 1. The molecule has 0 unspecified atom stereocenters. The molecule has 59 valence electrons. The first kappa shape index (κ1) is 8.02. The van der Waals surface area contributed by atoms with Gasteiger partial charge in [0.25, 0.3) is 0 Å². The van der Waals surface area contributed by atoms with Crippen LogP contribution in [0, 0.1) is 6.92 Å². The molecule has 2 heteroatoms. The van der Waals surface area contributed by atoms with Crippen LogP contribution in [0.5, 0.6) is 0 Å². The Morgan fingerprint density at radius 2 is 1.90 bits per heavy atom. The Kier molecular flexibility index (Phi) is 2.69. The summed E-state index contributed by atoms with van der Waals surface area (Å²) in [6, 6.07) is 1.09. The smallest absolute Gasteiger partial charge is 0.0620 e. The third-order valence-electron chi connectivity index (χ3n) is 2.11. The van der Waals surface area contributed by atoms with Gasteiger partial charge in [-0.25, -0.2) is 0 Å². The molecule has 1 fully saturated rings. The highest BCUT2D eigenvalue weighted by molar-refractivity contribution is 4.77. The first-order valence-corrected chi connectivity index (χ1v) is 3.88. The number of nitrogens with zero attached hydrogens (tertiary/aromatic N) is 1. The Labute approximate surface area is 63.2 Å². The zero-order chi connectivity index (χ0) is 7.56. The van der Waals surface area contributed by atoms with Gasteiger partial charge in [-0.1, -0.05) is 0 Å². The molecule has 10 heavy (non-hydrogen) atoms. The van der Waals surface area contributed by atoms with Crippen molar-refractivity contribution in [3.05, 3.63) is 6.92 Å². The van der Waals surface area contributed by atoms with Crippen molar-refractivity contribution >= 4 is 0 Å². The predicted octanol–water partition coefficient (Wildman–Crippen LogP) is 0.930. The number of morpholine rings is 1. The Balaban J connectivity index is 2.45. The van der Waals surface area contributed by atoms with Crippen LogP contribution in [0.15, 0.2) is 0 Å². The summed E-state index contributed by atoms with van der Waals surface area (Å²) in [5, 5.41) is 0. The standard InChI is InChI=1S/C8H16NO/c1-4-9-7(2)5-10-6-8(9)3/h7-8H,1,4-6H2,2-3H3/t7-,8+. The Morgan fingerprint density at radius 1 is 1.40 bits per heavy atom. The highest BCUT2D eigenvalue weighted by Gasteiger charge is 2.22. The molecular weight excluding hydrogens is 126 g/mol. The van der Waals surface area contributed by atoms with E-state index < -0.39 is 0 Å². The van der Waals surface area contributed by atoms with Crippen LogP contribution in [-0.4, -0.2) is 36.7 Å². The van der Waals surface area contributed by atoms with Gasteiger partial charge in [0.15, 0.2) is 0 Å². The fourth-order valence-corrected chi connectivity index (χ4v) is 1.48. The molecule has 1 radical (unpaired) electrons. The van der Waals surface area contributed by atoms with E-state index in [9.17, 15) is 0 Å². The molecule has 0 aromatic heterocycles. The fraction of sp³-hybridized carbons (Fsp3) is 0.875. The lowest BCUT2D eigenvalue weighted by molar-refractivity contribution is -0.0309. The maximum absolute atomic E-state index is 5.36. The second kappa shape index (κ2) is 3.35. The number of ether oxygens (including phenoxy) is 1. The highest BCUT2D eigenvalue weighted by Crippen LogP contribution is 2.11. The lowest BCUT2D eigenvalue weighted by atomic mass is 10.2. The van der Waals surface area contributed by atoms with Crippen molar-refractivity contribution in [1.82, 2.24) is 4.90 Å². The average Bonchev–Trinajstić information content (AvgIpc) is 1.88. The molecule has 1 aliphatic heterocycles. The summed E-state index contributed by atoms with van der Waals surface area (Å²) in [5.74, 6) is 0. The minimum absolute atomic E-state index is 0.543. The molecular formula is C8H16NO. The molecule has 0 aromatic rings. The summed E-state index contributed by atoms with van der Waals surface area (Å²) in [6.07, 6.45) is 0. The average molecular weight is 142 g/mol. The minimum atomic E-state index is 0.543. The summed E-state index contributed by atoms with van der Waals surface area (Å²) >= 11 is 0. The molecule has 0 bridgehead atoms. The first-order valence-electron chi connectivity index (χ1n) is 3.88. The Morgan fingerprint density at radius 3 is 2.20 bits per heavy atom. The van der Waals surface area contributed by atoms with Crippen molar-refractivity contribution < 1.29 is 4.74 Å². The predicted molar refractivity (Wildman–Crippen MR) is 41.8 cm³/mol. The quantitative estimate of drug-likeness (QED) is 0.540. The van der Waals surface area contributed by atoms with Crippen LogP contribution in [0.25, 0.3) is 0 Å². The molecule has 0 N–H and O–H groups in total. The molecule has 0 spiro atoms. The molecule has 1 rings (SSSR count). The summed E-state index contributed by atoms with van der Waals surface area (Å²) in [4.78, 5) is 2.36. The molecule has 2 nitrogen and oxygen atoms in total. The van der Waals surface area contributed by atoms with Gasteiger partial charge in [-0.15, -0.1) is 0 Å². The van der Waals surface area contributed by atoms with Gasteiger partial charge in [0.2, 0.25) is 0 Å². The molecule has 0 aromatic carbocycles. The van der Waals surface area contributed by atoms with E-state index in [-0.39, 0.29) is 0 Å². The Hall–Kier alpha value is -0.0800. The largest absolute Gasteiger partial charge is 0.378 e. The van der Waals surface area contributed by atoms with Gasteiger partial charge in [-0.2, -0.15) is 0 Å². The molecule has 0 saturated carbocycles. The van der Waals surface area contributed by atoms with Crippen LogP contribution in [0.2, 0.25) is 0 Å². The van der Waals surface area contributed by atoms with Gasteiger partial charge in [0.1, 0.15) is 0 Å². The van der Waals surface area contributed by atoms with E-state index >= 15 is 0 Å². The van der Waals surface area contributed by atoms with E-state index in [2.05, 4.69) is 25.7 Å². The van der Waals surface area contributed by atoms with Crippen molar-refractivity contribution in [1.29, 1.82) is 0 Å². The van der Waals surface area contributed by atoms with Crippen molar-refractivity contribution in [3.8, 4) is 0 Å². The van der Waals surface area contributed by atoms with Crippen LogP contribution in [0.4, 0.5) is 0 Å². The normalized spacial score (nSPS) is 36.3. The minimum Gasteiger partial charge on any atom is -0.378 e. The summed E-state index contributed by atoms with van der Waals surface area (Å²) in [7, 11) is 0. The first-order chi connectivity index (χ1) is 4.75. The third kappa shape index (κ3) is 1.50. The molecule has 2 atom stereocenters. The summed E-state index contributed by atoms with van der Waals surface area (Å²) in [5.41, 5.74) is 0. The van der Waals surface area contributed by atoms with Gasteiger partial charge in [0, 0.05) is 12.1 Å². The molecule has 1 saturated heterocycles. The lowest BCUT2D eigenvalue weighted by Crippen LogP contribution is -2.49. The van der Waals surface area contributed by atoms with E-state index in [4.69, 9.17) is 4.74 Å². The summed E-state index contributed by atoms with van der Waals surface area (Å²) in [6.45, 7) is 10.9. The van der Waals surface area contributed by atoms with Gasteiger partial charge < -0.3 is 4.74 Å². The van der Waals surface area contributed by atoms with E-state index in [1.165, 1.54) is 0 Å². The van der Waals surface area contributed by atoms with E-state index in [0.29, 0.717) is 12.1 Å². The van der Waals surface area contributed by atoms with Crippen LogP contribution in [0.3, 0.4) is 0 Å². The lowest BCUT2D eigenvalue weighted by Gasteiger charge is -2.37. The zero-order valence-electron chi connectivity index (χ0n) is 6.84. The fourth-order valence-electron chi connectivity index (χ4n) is 1.48. The maximum Gasteiger partial charge on any atom is 0.0620 e. The SMILES string of the molecule is [CH2]CN1[C@H](C)COC[C@@H]1C. The number of hydrogen-bond acceptors (Lipinski definition) is 2. The monoisotopic (exact) mass is 142 g/mol. The molecule has 1 heterocycles. The van der Waals surface area contributed by atoms with E-state index in [0.717, 1.165) is 19.8 Å².